The van der Waals surface area contributed by atoms with Crippen molar-refractivity contribution in [3.05, 3.63) is 0 Å². The molecule has 4 aliphatic carbocycles. The van der Waals surface area contributed by atoms with Gasteiger partial charge >= 0.3 is 0 Å². The van der Waals surface area contributed by atoms with Gasteiger partial charge in [0.2, 0.25) is 0 Å². The lowest BCUT2D eigenvalue weighted by molar-refractivity contribution is -0.121. The molecular weight excluding hydrogens is 368 g/mol. The van der Waals surface area contributed by atoms with Crippen LogP contribution in [0.4, 0.5) is 0 Å². The van der Waals surface area contributed by atoms with Crippen LogP contribution in [0.2, 0.25) is 0 Å². The van der Waals surface area contributed by atoms with Crippen molar-refractivity contribution in [1.29, 1.82) is 0 Å². The SMILES string of the molecule is CCOCCC(=O)CC[C@@H](C)[C@H]1CC[C@H]2[C@@H]3CCC4CCCC[C@]4(C)[C@H]3CC[C@]12C. The summed E-state index contributed by atoms with van der Waals surface area (Å²) in [5, 5.41) is 0. The lowest BCUT2D eigenvalue weighted by Gasteiger charge is -2.61. The average Bonchev–Trinajstić information content (AvgIpc) is 3.09. The molecule has 2 heteroatoms. The van der Waals surface area contributed by atoms with E-state index in [2.05, 4.69) is 20.8 Å². The van der Waals surface area contributed by atoms with Crippen molar-refractivity contribution < 1.29 is 9.53 Å². The number of ketones is 1. The van der Waals surface area contributed by atoms with E-state index in [1.807, 2.05) is 6.92 Å². The van der Waals surface area contributed by atoms with Gasteiger partial charge in [-0.05, 0) is 111 Å². The van der Waals surface area contributed by atoms with E-state index < -0.39 is 0 Å². The molecule has 0 aromatic heterocycles. The minimum atomic E-state index is 0.405. The molecule has 0 heterocycles. The summed E-state index contributed by atoms with van der Waals surface area (Å²) in [6, 6.07) is 0. The Morgan fingerprint density at radius 3 is 2.53 bits per heavy atom. The minimum absolute atomic E-state index is 0.405. The van der Waals surface area contributed by atoms with Crippen LogP contribution in [0, 0.1) is 46.3 Å². The normalized spacial score (nSPS) is 44.1. The van der Waals surface area contributed by atoms with Gasteiger partial charge in [-0.3, -0.25) is 4.79 Å². The topological polar surface area (TPSA) is 26.3 Å². The van der Waals surface area contributed by atoms with Crippen LogP contribution in [-0.2, 0) is 9.53 Å². The molecule has 0 bridgehead atoms. The van der Waals surface area contributed by atoms with Crippen LogP contribution in [0.3, 0.4) is 0 Å². The van der Waals surface area contributed by atoms with Crippen molar-refractivity contribution >= 4 is 5.78 Å². The number of hydrogen-bond acceptors (Lipinski definition) is 2. The number of carbonyl (C=O) groups is 1. The number of fused-ring (bicyclic) bond motifs is 5. The second-order valence-electron chi connectivity index (χ2n) is 12.1. The number of rotatable bonds is 8. The molecule has 4 fully saturated rings. The highest BCUT2D eigenvalue weighted by atomic mass is 16.5. The summed E-state index contributed by atoms with van der Waals surface area (Å²) < 4.78 is 5.37. The summed E-state index contributed by atoms with van der Waals surface area (Å²) >= 11 is 0. The van der Waals surface area contributed by atoms with Crippen molar-refractivity contribution in [2.45, 2.75) is 111 Å². The van der Waals surface area contributed by atoms with Gasteiger partial charge in [0.1, 0.15) is 5.78 Å². The van der Waals surface area contributed by atoms with Crippen molar-refractivity contribution in [3.63, 3.8) is 0 Å². The van der Waals surface area contributed by atoms with Crippen LogP contribution >= 0.6 is 0 Å². The Balaban J connectivity index is 1.38. The van der Waals surface area contributed by atoms with E-state index in [-0.39, 0.29) is 0 Å². The lowest BCUT2D eigenvalue weighted by atomic mass is 9.44. The zero-order valence-corrected chi connectivity index (χ0v) is 20.4. The van der Waals surface area contributed by atoms with E-state index in [9.17, 15) is 4.79 Å². The fourth-order valence-electron chi connectivity index (χ4n) is 9.32. The summed E-state index contributed by atoms with van der Waals surface area (Å²) in [5.74, 6) is 5.90. The number of ether oxygens (including phenoxy) is 1. The molecule has 0 N–H and O–H groups in total. The molecule has 4 saturated carbocycles. The quantitative estimate of drug-likeness (QED) is 0.384. The Hall–Kier alpha value is -0.370. The molecule has 0 aromatic carbocycles. The summed E-state index contributed by atoms with van der Waals surface area (Å²) in [6.45, 7) is 11.1. The van der Waals surface area contributed by atoms with Crippen molar-refractivity contribution in [3.8, 4) is 0 Å². The summed E-state index contributed by atoms with van der Waals surface area (Å²) in [7, 11) is 0. The Morgan fingerprint density at radius 1 is 0.933 bits per heavy atom. The second kappa shape index (κ2) is 9.24. The monoisotopic (exact) mass is 416 g/mol. The van der Waals surface area contributed by atoms with Crippen LogP contribution in [0.25, 0.3) is 0 Å². The van der Waals surface area contributed by atoms with E-state index in [0.717, 1.165) is 42.4 Å². The van der Waals surface area contributed by atoms with Gasteiger partial charge in [0, 0.05) is 19.4 Å². The van der Waals surface area contributed by atoms with Crippen LogP contribution in [-0.4, -0.2) is 19.0 Å². The number of Topliss-reactive ketones (excluding diaryl/α,β-unsaturated/α-hetero) is 1. The van der Waals surface area contributed by atoms with E-state index >= 15 is 0 Å². The summed E-state index contributed by atoms with van der Waals surface area (Å²) in [4.78, 5) is 12.3. The Kier molecular flexibility index (Phi) is 7.03. The maximum Gasteiger partial charge on any atom is 0.135 e. The molecule has 0 spiro atoms. The molecule has 0 aliphatic heterocycles. The van der Waals surface area contributed by atoms with Gasteiger partial charge in [-0.15, -0.1) is 0 Å². The molecule has 1 unspecified atom stereocenters. The fourth-order valence-corrected chi connectivity index (χ4v) is 9.32. The predicted octanol–water partition coefficient (Wildman–Crippen LogP) is 7.45. The molecule has 4 aliphatic rings. The molecule has 30 heavy (non-hydrogen) atoms. The number of hydrogen-bond donors (Lipinski definition) is 0. The van der Waals surface area contributed by atoms with Crippen molar-refractivity contribution in [2.24, 2.45) is 46.3 Å². The maximum absolute atomic E-state index is 12.3. The first-order valence-corrected chi connectivity index (χ1v) is 13.5. The van der Waals surface area contributed by atoms with Gasteiger partial charge in [0.25, 0.3) is 0 Å². The lowest BCUT2D eigenvalue weighted by Crippen LogP contribution is -2.53. The molecule has 4 rings (SSSR count). The zero-order chi connectivity index (χ0) is 21.4. The van der Waals surface area contributed by atoms with E-state index in [1.54, 1.807) is 0 Å². The minimum Gasteiger partial charge on any atom is -0.381 e. The number of carbonyl (C=O) groups excluding carboxylic acids is 1. The van der Waals surface area contributed by atoms with Gasteiger partial charge in [0.15, 0.2) is 0 Å². The molecule has 172 valence electrons. The zero-order valence-electron chi connectivity index (χ0n) is 20.4. The third kappa shape index (κ3) is 4.04. The van der Waals surface area contributed by atoms with Crippen LogP contribution in [0.15, 0.2) is 0 Å². The molecule has 0 radical (unpaired) electrons. The summed E-state index contributed by atoms with van der Waals surface area (Å²) in [5.41, 5.74) is 1.19. The third-order valence-electron chi connectivity index (χ3n) is 11.0. The van der Waals surface area contributed by atoms with Crippen LogP contribution < -0.4 is 0 Å². The molecule has 2 nitrogen and oxygen atoms in total. The Bertz CT molecular complexity index is 599. The predicted molar refractivity (Wildman–Crippen MR) is 124 cm³/mol. The van der Waals surface area contributed by atoms with E-state index in [4.69, 9.17) is 4.74 Å². The highest BCUT2D eigenvalue weighted by molar-refractivity contribution is 5.78. The highest BCUT2D eigenvalue weighted by Crippen LogP contribution is 2.68. The third-order valence-corrected chi connectivity index (χ3v) is 11.0. The van der Waals surface area contributed by atoms with Gasteiger partial charge in [-0.2, -0.15) is 0 Å². The molecular formula is C28H48O2. The van der Waals surface area contributed by atoms with Gasteiger partial charge in [0.05, 0.1) is 6.61 Å². The van der Waals surface area contributed by atoms with Gasteiger partial charge in [-0.25, -0.2) is 0 Å². The first kappa shape index (κ1) is 22.8. The van der Waals surface area contributed by atoms with Crippen LogP contribution in [0.1, 0.15) is 111 Å². The molecule has 0 saturated heterocycles. The molecule has 8 atom stereocenters. The molecule has 0 aromatic rings. The highest BCUT2D eigenvalue weighted by Gasteiger charge is 2.60. The second-order valence-corrected chi connectivity index (χ2v) is 12.1. The van der Waals surface area contributed by atoms with Gasteiger partial charge in [-0.1, -0.05) is 33.6 Å². The van der Waals surface area contributed by atoms with Crippen molar-refractivity contribution in [2.75, 3.05) is 13.2 Å². The molecule has 0 amide bonds. The standard InChI is InChI=1S/C28H48O2/c1-5-30-19-16-22(29)11-9-20(2)24-13-14-25-23-12-10-21-8-6-7-17-27(21,3)26(23)15-18-28(24,25)4/h20-21,23-26H,5-19H2,1-4H3/t20-,21?,23+,24-,25+,26+,27+,28-/m1/s1. The Morgan fingerprint density at radius 2 is 1.73 bits per heavy atom. The van der Waals surface area contributed by atoms with E-state index in [1.165, 1.54) is 64.2 Å². The average molecular weight is 417 g/mol. The maximum atomic E-state index is 12.3. The Labute approximate surface area is 186 Å². The first-order chi connectivity index (χ1) is 14.4. The van der Waals surface area contributed by atoms with Crippen LogP contribution in [0.5, 0.6) is 0 Å². The smallest absolute Gasteiger partial charge is 0.135 e. The van der Waals surface area contributed by atoms with E-state index in [0.29, 0.717) is 42.2 Å². The fraction of sp³-hybridized carbons (Fsp3) is 0.964. The first-order valence-electron chi connectivity index (χ1n) is 13.5. The largest absolute Gasteiger partial charge is 0.381 e. The summed E-state index contributed by atoms with van der Waals surface area (Å²) in [6.07, 6.45) is 17.3. The van der Waals surface area contributed by atoms with Crippen molar-refractivity contribution in [1.82, 2.24) is 0 Å². The van der Waals surface area contributed by atoms with Gasteiger partial charge < -0.3 is 4.74 Å².